The van der Waals surface area contributed by atoms with Gasteiger partial charge in [-0.3, -0.25) is 9.10 Å². The molecule has 3 aromatic rings. The third kappa shape index (κ3) is 4.88. The molecule has 0 atom stereocenters. The Morgan fingerprint density at radius 2 is 1.76 bits per heavy atom. The number of carbonyl (C=O) groups excluding carboxylic acids is 1. The van der Waals surface area contributed by atoms with Gasteiger partial charge in [0.25, 0.3) is 10.0 Å². The number of anilines is 2. The van der Waals surface area contributed by atoms with Gasteiger partial charge < -0.3 is 10.1 Å². The Morgan fingerprint density at radius 3 is 2.48 bits per heavy atom. The standard InChI is InChI=1S/C26H28N2O4S/c1-3-28(22-10-5-4-6-11-22)33(30,31)23-14-15-25(32-2)24(18-23)27-26(29)17-19-12-13-20-8-7-9-21(20)16-19/h4-6,10-16,18H,3,7-9,17H2,1-2H3,(H,27,29). The highest BCUT2D eigenvalue weighted by molar-refractivity contribution is 7.92. The van der Waals surface area contributed by atoms with Crippen LogP contribution in [0.25, 0.3) is 0 Å². The summed E-state index contributed by atoms with van der Waals surface area (Å²) >= 11 is 0. The number of para-hydroxylation sites is 1. The maximum absolute atomic E-state index is 13.4. The molecule has 1 aliphatic carbocycles. The van der Waals surface area contributed by atoms with Gasteiger partial charge in [0.2, 0.25) is 5.91 Å². The molecule has 1 aliphatic rings. The number of nitrogens with zero attached hydrogens (tertiary/aromatic N) is 1. The van der Waals surface area contributed by atoms with Gasteiger partial charge >= 0.3 is 0 Å². The summed E-state index contributed by atoms with van der Waals surface area (Å²) in [6, 6.07) is 19.6. The minimum atomic E-state index is -3.83. The van der Waals surface area contributed by atoms with Crippen LogP contribution in [0.5, 0.6) is 5.75 Å². The second-order valence-corrected chi connectivity index (χ2v) is 9.91. The number of sulfonamides is 1. The molecular weight excluding hydrogens is 436 g/mol. The molecule has 0 unspecified atom stereocenters. The number of fused-ring (bicyclic) bond motifs is 1. The molecular formula is C26H28N2O4S. The Bertz CT molecular complexity index is 1260. The molecule has 33 heavy (non-hydrogen) atoms. The second-order valence-electron chi connectivity index (χ2n) is 8.05. The van der Waals surface area contributed by atoms with Crippen molar-refractivity contribution in [1.82, 2.24) is 0 Å². The van der Waals surface area contributed by atoms with Gasteiger partial charge in [-0.2, -0.15) is 0 Å². The number of methoxy groups -OCH3 is 1. The lowest BCUT2D eigenvalue weighted by molar-refractivity contribution is -0.115. The van der Waals surface area contributed by atoms with E-state index in [2.05, 4.69) is 17.4 Å². The summed E-state index contributed by atoms with van der Waals surface area (Å²) < 4.78 is 33.5. The average molecular weight is 465 g/mol. The van der Waals surface area contributed by atoms with Crippen molar-refractivity contribution in [3.8, 4) is 5.75 Å². The van der Waals surface area contributed by atoms with E-state index >= 15 is 0 Å². The minimum absolute atomic E-state index is 0.0850. The Morgan fingerprint density at radius 1 is 1.00 bits per heavy atom. The zero-order valence-corrected chi connectivity index (χ0v) is 19.7. The Balaban J connectivity index is 1.58. The second kappa shape index (κ2) is 9.67. The molecule has 0 fully saturated rings. The van der Waals surface area contributed by atoms with E-state index in [-0.39, 0.29) is 23.8 Å². The molecule has 0 aliphatic heterocycles. The van der Waals surface area contributed by atoms with Gasteiger partial charge in [-0.05, 0) is 73.2 Å². The van der Waals surface area contributed by atoms with Gasteiger partial charge in [0.15, 0.2) is 0 Å². The molecule has 7 heteroatoms. The molecule has 0 heterocycles. The summed E-state index contributed by atoms with van der Waals surface area (Å²) in [4.78, 5) is 12.9. The van der Waals surface area contributed by atoms with Gasteiger partial charge in [-0.15, -0.1) is 0 Å². The molecule has 4 rings (SSSR count). The van der Waals surface area contributed by atoms with Gasteiger partial charge in [0.1, 0.15) is 5.75 Å². The topological polar surface area (TPSA) is 75.7 Å². The number of aryl methyl sites for hydroxylation is 2. The normalized spacial score (nSPS) is 12.8. The largest absolute Gasteiger partial charge is 0.495 e. The van der Waals surface area contributed by atoms with Crippen molar-refractivity contribution in [2.75, 3.05) is 23.3 Å². The van der Waals surface area contributed by atoms with E-state index in [0.717, 1.165) is 24.8 Å². The van der Waals surface area contributed by atoms with Crippen molar-refractivity contribution in [2.45, 2.75) is 37.5 Å². The number of hydrogen-bond donors (Lipinski definition) is 1. The van der Waals surface area contributed by atoms with Crippen LogP contribution in [0.2, 0.25) is 0 Å². The van der Waals surface area contributed by atoms with Crippen LogP contribution in [-0.4, -0.2) is 28.0 Å². The van der Waals surface area contributed by atoms with Gasteiger partial charge in [0.05, 0.1) is 29.8 Å². The Labute approximate surface area is 195 Å². The molecule has 0 radical (unpaired) electrons. The molecule has 0 bridgehead atoms. The first-order valence-electron chi connectivity index (χ1n) is 11.1. The maximum Gasteiger partial charge on any atom is 0.264 e. The van der Waals surface area contributed by atoms with Crippen molar-refractivity contribution >= 4 is 27.3 Å². The lowest BCUT2D eigenvalue weighted by atomic mass is 10.0. The third-order valence-electron chi connectivity index (χ3n) is 5.89. The number of carbonyl (C=O) groups is 1. The summed E-state index contributed by atoms with van der Waals surface area (Å²) in [7, 11) is -2.34. The van der Waals surface area contributed by atoms with Crippen molar-refractivity contribution in [3.05, 3.63) is 83.4 Å². The number of hydrogen-bond acceptors (Lipinski definition) is 4. The van der Waals surface area contributed by atoms with Crippen molar-refractivity contribution in [1.29, 1.82) is 0 Å². The van der Waals surface area contributed by atoms with Crippen LogP contribution in [-0.2, 0) is 34.1 Å². The van der Waals surface area contributed by atoms with E-state index in [0.29, 0.717) is 17.1 Å². The SMILES string of the molecule is CCN(c1ccccc1)S(=O)(=O)c1ccc(OC)c(NC(=O)Cc2ccc3c(c2)CCC3)c1. The first-order chi connectivity index (χ1) is 15.9. The number of benzene rings is 3. The number of ether oxygens (including phenoxy) is 1. The van der Waals surface area contributed by atoms with Crippen LogP contribution < -0.4 is 14.4 Å². The van der Waals surface area contributed by atoms with Crippen molar-refractivity contribution in [3.63, 3.8) is 0 Å². The summed E-state index contributed by atoms with van der Waals surface area (Å²) in [6.45, 7) is 2.06. The van der Waals surface area contributed by atoms with E-state index < -0.39 is 10.0 Å². The molecule has 1 amide bonds. The number of nitrogens with one attached hydrogen (secondary N) is 1. The quantitative estimate of drug-likeness (QED) is 0.529. The van der Waals surface area contributed by atoms with Crippen molar-refractivity contribution < 1.29 is 17.9 Å². The van der Waals surface area contributed by atoms with Gasteiger partial charge in [-0.1, -0.05) is 36.4 Å². The zero-order valence-electron chi connectivity index (χ0n) is 18.9. The van der Waals surface area contributed by atoms with E-state index in [9.17, 15) is 13.2 Å². The van der Waals surface area contributed by atoms with Crippen LogP contribution in [0.3, 0.4) is 0 Å². The first kappa shape index (κ1) is 22.9. The van der Waals surface area contributed by atoms with Crippen LogP contribution in [0, 0.1) is 0 Å². The molecule has 0 spiro atoms. The molecule has 0 aromatic heterocycles. The van der Waals surface area contributed by atoms with E-state index in [1.54, 1.807) is 37.3 Å². The summed E-state index contributed by atoms with van der Waals surface area (Å²) in [5, 5.41) is 2.84. The van der Waals surface area contributed by atoms with E-state index in [4.69, 9.17) is 4.74 Å². The van der Waals surface area contributed by atoms with Crippen LogP contribution in [0.1, 0.15) is 30.0 Å². The highest BCUT2D eigenvalue weighted by Gasteiger charge is 2.25. The molecule has 3 aromatic carbocycles. The Hall–Kier alpha value is -3.32. The third-order valence-corrected chi connectivity index (χ3v) is 7.79. The summed E-state index contributed by atoms with van der Waals surface area (Å²) in [6.07, 6.45) is 3.51. The number of rotatable bonds is 8. The van der Waals surface area contributed by atoms with Gasteiger partial charge in [-0.25, -0.2) is 8.42 Å². The summed E-state index contributed by atoms with van der Waals surface area (Å²) in [5.74, 6) is 0.176. The highest BCUT2D eigenvalue weighted by atomic mass is 32.2. The molecule has 1 N–H and O–H groups in total. The van der Waals surface area contributed by atoms with Crippen LogP contribution in [0.15, 0.2) is 71.6 Å². The molecule has 6 nitrogen and oxygen atoms in total. The van der Waals surface area contributed by atoms with Crippen LogP contribution in [0.4, 0.5) is 11.4 Å². The lowest BCUT2D eigenvalue weighted by Crippen LogP contribution is -2.30. The van der Waals surface area contributed by atoms with E-state index in [1.807, 2.05) is 12.1 Å². The van der Waals surface area contributed by atoms with E-state index in [1.165, 1.54) is 34.7 Å². The molecule has 0 saturated carbocycles. The van der Waals surface area contributed by atoms with Gasteiger partial charge in [0, 0.05) is 6.54 Å². The van der Waals surface area contributed by atoms with Crippen LogP contribution >= 0.6 is 0 Å². The monoisotopic (exact) mass is 464 g/mol. The smallest absolute Gasteiger partial charge is 0.264 e. The average Bonchev–Trinajstić information content (AvgIpc) is 3.28. The number of amides is 1. The minimum Gasteiger partial charge on any atom is -0.495 e. The predicted octanol–water partition coefficient (Wildman–Crippen LogP) is 4.58. The zero-order chi connectivity index (χ0) is 23.4. The molecule has 172 valence electrons. The summed E-state index contributed by atoms with van der Waals surface area (Å²) in [5.41, 5.74) is 4.52. The maximum atomic E-state index is 13.4. The fraction of sp³-hybridized carbons (Fsp3) is 0.269. The predicted molar refractivity (Wildman–Crippen MR) is 130 cm³/mol. The molecule has 0 saturated heterocycles. The van der Waals surface area contributed by atoms with Crippen molar-refractivity contribution in [2.24, 2.45) is 0 Å². The first-order valence-corrected chi connectivity index (χ1v) is 12.5. The highest BCUT2D eigenvalue weighted by Crippen LogP contribution is 2.31. The lowest BCUT2D eigenvalue weighted by Gasteiger charge is -2.23. The fourth-order valence-electron chi connectivity index (χ4n) is 4.27. The Kier molecular flexibility index (Phi) is 6.70. The fourth-order valence-corrected chi connectivity index (χ4v) is 5.77.